The van der Waals surface area contributed by atoms with Gasteiger partial charge in [-0.3, -0.25) is 9.69 Å². The average Bonchev–Trinajstić information content (AvgIpc) is 3.07. The lowest BCUT2D eigenvalue weighted by Gasteiger charge is -2.31. The van der Waals surface area contributed by atoms with Crippen LogP contribution >= 0.6 is 11.6 Å². The lowest BCUT2D eigenvalue weighted by Crippen LogP contribution is -2.47. The molecule has 6 heteroatoms. The van der Waals surface area contributed by atoms with E-state index in [1.807, 2.05) is 48.5 Å². The van der Waals surface area contributed by atoms with Crippen molar-refractivity contribution >= 4 is 23.2 Å². The van der Waals surface area contributed by atoms with Crippen molar-refractivity contribution in [3.8, 4) is 5.75 Å². The number of benzene rings is 2. The largest absolute Gasteiger partial charge is 0.487 e. The van der Waals surface area contributed by atoms with Gasteiger partial charge in [-0.05, 0) is 29.8 Å². The Morgan fingerprint density at radius 2 is 1.96 bits per heavy atom. The summed E-state index contributed by atoms with van der Waals surface area (Å²) >= 11 is 6.00. The summed E-state index contributed by atoms with van der Waals surface area (Å²) < 4.78 is 11.5. The van der Waals surface area contributed by atoms with E-state index in [1.165, 1.54) is 0 Å². The molecule has 142 valence electrons. The van der Waals surface area contributed by atoms with E-state index in [2.05, 4.69) is 4.90 Å². The molecule has 2 bridgehead atoms. The van der Waals surface area contributed by atoms with Crippen LogP contribution in [0.15, 0.2) is 48.5 Å². The van der Waals surface area contributed by atoms with Crippen molar-refractivity contribution in [2.75, 3.05) is 31.7 Å². The Balaban J connectivity index is 1.62. The molecule has 1 fully saturated rings. The number of anilines is 1. The van der Waals surface area contributed by atoms with E-state index in [-0.39, 0.29) is 18.1 Å². The number of para-hydroxylation sites is 2. The van der Waals surface area contributed by atoms with Gasteiger partial charge in [0.15, 0.2) is 0 Å². The molecule has 2 aromatic rings. The summed E-state index contributed by atoms with van der Waals surface area (Å²) in [5.74, 6) is 0.873. The molecular formula is C21H23ClN2O3. The molecule has 2 unspecified atom stereocenters. The van der Waals surface area contributed by atoms with Crippen LogP contribution in [0.3, 0.4) is 0 Å². The van der Waals surface area contributed by atoms with Gasteiger partial charge in [0.05, 0.1) is 18.3 Å². The van der Waals surface area contributed by atoms with Crippen LogP contribution in [0.1, 0.15) is 12.0 Å². The van der Waals surface area contributed by atoms with Crippen molar-refractivity contribution in [1.29, 1.82) is 0 Å². The van der Waals surface area contributed by atoms with Gasteiger partial charge in [0, 0.05) is 38.2 Å². The van der Waals surface area contributed by atoms with Crippen LogP contribution in [-0.4, -0.2) is 49.8 Å². The van der Waals surface area contributed by atoms with Gasteiger partial charge in [0.25, 0.3) is 0 Å². The predicted molar refractivity (Wildman–Crippen MR) is 105 cm³/mol. The molecule has 2 heterocycles. The van der Waals surface area contributed by atoms with Gasteiger partial charge in [0.1, 0.15) is 11.9 Å². The summed E-state index contributed by atoms with van der Waals surface area (Å²) in [6, 6.07) is 15.3. The normalized spacial score (nSPS) is 22.1. The van der Waals surface area contributed by atoms with Gasteiger partial charge in [-0.1, -0.05) is 35.9 Å². The summed E-state index contributed by atoms with van der Waals surface area (Å²) in [6.07, 6.45) is 0.710. The monoisotopic (exact) mass is 386 g/mol. The van der Waals surface area contributed by atoms with E-state index in [9.17, 15) is 4.79 Å². The Morgan fingerprint density at radius 1 is 1.19 bits per heavy atom. The highest BCUT2D eigenvalue weighted by Crippen LogP contribution is 2.36. The molecule has 4 rings (SSSR count). The highest BCUT2D eigenvalue weighted by atomic mass is 35.5. The first kappa shape index (κ1) is 18.3. The summed E-state index contributed by atoms with van der Waals surface area (Å²) in [7, 11) is 1.65. The second-order valence-corrected chi connectivity index (χ2v) is 7.43. The number of carbonyl (C=O) groups excluding carboxylic acids is 1. The van der Waals surface area contributed by atoms with Gasteiger partial charge in [-0.2, -0.15) is 0 Å². The molecule has 0 spiro atoms. The highest BCUT2D eigenvalue weighted by molar-refractivity contribution is 6.30. The van der Waals surface area contributed by atoms with Gasteiger partial charge >= 0.3 is 0 Å². The first-order valence-electron chi connectivity index (χ1n) is 9.20. The summed E-state index contributed by atoms with van der Waals surface area (Å²) in [5, 5.41) is 0.716. The molecular weight excluding hydrogens is 364 g/mol. The standard InChI is InChI=1S/C21H23ClN2O3/c1-26-11-10-24-18-4-2-3-5-20(18)27-17-12-19(21(24)25)23(14-17)13-15-6-8-16(22)9-7-15/h2-9,17,19H,10-14H2,1H3. The number of ether oxygens (including phenoxy) is 2. The molecule has 1 saturated heterocycles. The minimum Gasteiger partial charge on any atom is -0.487 e. The number of likely N-dealkylation sites (tertiary alicyclic amines) is 1. The molecule has 0 radical (unpaired) electrons. The fourth-order valence-corrected chi connectivity index (χ4v) is 4.00. The van der Waals surface area contributed by atoms with E-state index in [1.54, 1.807) is 12.0 Å². The van der Waals surface area contributed by atoms with E-state index in [0.29, 0.717) is 31.1 Å². The minimum atomic E-state index is -0.198. The van der Waals surface area contributed by atoms with Gasteiger partial charge in [-0.15, -0.1) is 0 Å². The van der Waals surface area contributed by atoms with Crippen molar-refractivity contribution in [2.45, 2.75) is 25.1 Å². The number of hydrogen-bond acceptors (Lipinski definition) is 4. The quantitative estimate of drug-likeness (QED) is 0.790. The van der Waals surface area contributed by atoms with Gasteiger partial charge in [-0.25, -0.2) is 0 Å². The number of rotatable bonds is 5. The zero-order valence-corrected chi connectivity index (χ0v) is 16.1. The Bertz CT molecular complexity index is 811. The van der Waals surface area contributed by atoms with Crippen LogP contribution in [0.25, 0.3) is 0 Å². The van der Waals surface area contributed by atoms with Crippen molar-refractivity contribution in [1.82, 2.24) is 4.90 Å². The molecule has 0 aromatic heterocycles. The zero-order chi connectivity index (χ0) is 18.8. The van der Waals surface area contributed by atoms with Crippen LogP contribution in [0, 0.1) is 0 Å². The Hall–Kier alpha value is -2.08. The summed E-state index contributed by atoms with van der Waals surface area (Å²) in [4.78, 5) is 17.4. The van der Waals surface area contributed by atoms with E-state index < -0.39 is 0 Å². The molecule has 2 aliphatic rings. The molecule has 2 aliphatic heterocycles. The Morgan fingerprint density at radius 3 is 2.74 bits per heavy atom. The number of methoxy groups -OCH3 is 1. The summed E-state index contributed by atoms with van der Waals surface area (Å²) in [6.45, 7) is 2.41. The van der Waals surface area contributed by atoms with E-state index >= 15 is 0 Å². The highest BCUT2D eigenvalue weighted by Gasteiger charge is 2.42. The Labute approximate surface area is 164 Å². The number of halogens is 1. The zero-order valence-electron chi connectivity index (χ0n) is 15.3. The molecule has 2 aromatic carbocycles. The third kappa shape index (κ3) is 3.81. The smallest absolute Gasteiger partial charge is 0.244 e. The second-order valence-electron chi connectivity index (χ2n) is 7.00. The molecule has 5 nitrogen and oxygen atoms in total. The Kier molecular flexibility index (Phi) is 5.34. The molecule has 0 aliphatic carbocycles. The predicted octanol–water partition coefficient (Wildman–Crippen LogP) is 3.35. The van der Waals surface area contributed by atoms with Gasteiger partial charge in [0.2, 0.25) is 5.91 Å². The molecule has 0 saturated carbocycles. The molecule has 0 N–H and O–H groups in total. The van der Waals surface area contributed by atoms with Crippen LogP contribution in [-0.2, 0) is 16.1 Å². The minimum absolute atomic E-state index is 0.0111. The summed E-state index contributed by atoms with van der Waals surface area (Å²) in [5.41, 5.74) is 1.96. The molecule has 27 heavy (non-hydrogen) atoms. The maximum absolute atomic E-state index is 13.4. The van der Waals surface area contributed by atoms with Crippen LogP contribution in [0.2, 0.25) is 5.02 Å². The lowest BCUT2D eigenvalue weighted by molar-refractivity contribution is -0.123. The van der Waals surface area contributed by atoms with E-state index in [0.717, 1.165) is 23.5 Å². The first-order valence-corrected chi connectivity index (χ1v) is 9.58. The second kappa shape index (κ2) is 7.89. The number of fused-ring (bicyclic) bond motifs is 3. The van der Waals surface area contributed by atoms with Crippen LogP contribution in [0.5, 0.6) is 5.75 Å². The van der Waals surface area contributed by atoms with Crippen molar-refractivity contribution < 1.29 is 14.3 Å². The fraction of sp³-hybridized carbons (Fsp3) is 0.381. The molecule has 2 atom stereocenters. The average molecular weight is 387 g/mol. The molecule has 1 amide bonds. The number of nitrogens with zero attached hydrogens (tertiary/aromatic N) is 2. The van der Waals surface area contributed by atoms with E-state index in [4.69, 9.17) is 21.1 Å². The van der Waals surface area contributed by atoms with Gasteiger partial charge < -0.3 is 14.4 Å². The lowest BCUT2D eigenvalue weighted by atomic mass is 10.1. The maximum atomic E-state index is 13.4. The van der Waals surface area contributed by atoms with Crippen molar-refractivity contribution in [3.05, 3.63) is 59.1 Å². The maximum Gasteiger partial charge on any atom is 0.244 e. The number of amides is 1. The topological polar surface area (TPSA) is 42.0 Å². The number of carbonyl (C=O) groups is 1. The van der Waals surface area contributed by atoms with Crippen molar-refractivity contribution in [2.24, 2.45) is 0 Å². The first-order chi connectivity index (χ1) is 13.2. The SMILES string of the molecule is COCCN1C(=O)C2CC(CN2Cc2ccc(Cl)cc2)Oc2ccccc21. The van der Waals surface area contributed by atoms with Crippen molar-refractivity contribution in [3.63, 3.8) is 0 Å². The number of hydrogen-bond donors (Lipinski definition) is 0. The third-order valence-corrected chi connectivity index (χ3v) is 5.44. The fourth-order valence-electron chi connectivity index (χ4n) is 3.87. The van der Waals surface area contributed by atoms with Crippen LogP contribution < -0.4 is 9.64 Å². The van der Waals surface area contributed by atoms with Crippen LogP contribution in [0.4, 0.5) is 5.69 Å². The third-order valence-electron chi connectivity index (χ3n) is 5.18.